The molecule has 0 fully saturated rings. The van der Waals surface area contributed by atoms with Crippen molar-refractivity contribution in [2.24, 2.45) is 0 Å². The van der Waals surface area contributed by atoms with Crippen LogP contribution in [0.2, 0.25) is 10.0 Å². The van der Waals surface area contributed by atoms with Crippen molar-refractivity contribution in [3.8, 4) is 0 Å². The van der Waals surface area contributed by atoms with Crippen molar-refractivity contribution in [2.45, 2.75) is 0 Å². The minimum absolute atomic E-state index is 0.202. The molecule has 5 heteroatoms. The number of halogens is 2. The van der Waals surface area contributed by atoms with E-state index in [1.807, 2.05) is 0 Å². The van der Waals surface area contributed by atoms with Gasteiger partial charge in [-0.15, -0.1) is 0 Å². The van der Waals surface area contributed by atoms with Gasteiger partial charge in [0.05, 0.1) is 22.7 Å². The zero-order chi connectivity index (χ0) is 11.0. The molecule has 0 aliphatic rings. The average Bonchev–Trinajstić information content (AvgIpc) is 2.65. The number of hydrogen-bond donors (Lipinski definition) is 1. The molecule has 0 amide bonds. The lowest BCUT2D eigenvalue weighted by atomic mass is 10.1. The zero-order valence-corrected chi connectivity index (χ0v) is 9.32. The molecule has 1 aromatic heterocycles. The molecule has 2 aromatic rings. The second-order valence-electron chi connectivity index (χ2n) is 2.98. The average molecular weight is 244 g/mol. The molecular formula is C10H7Cl2NO2. The Labute approximate surface area is 95.9 Å². The van der Waals surface area contributed by atoms with E-state index in [1.165, 1.54) is 7.11 Å². The molecule has 0 spiro atoms. The Morgan fingerprint density at radius 1 is 1.47 bits per heavy atom. The number of carbonyl (C=O) groups is 1. The second kappa shape index (κ2) is 3.76. The third-order valence-electron chi connectivity index (χ3n) is 2.13. The van der Waals surface area contributed by atoms with E-state index in [-0.39, 0.29) is 10.6 Å². The number of nitrogens with one attached hydrogen (secondary N) is 1. The van der Waals surface area contributed by atoms with Crippen LogP contribution in [0.4, 0.5) is 0 Å². The summed E-state index contributed by atoms with van der Waals surface area (Å²) in [6, 6.07) is 3.43. The lowest BCUT2D eigenvalue weighted by Gasteiger charge is -2.05. The highest BCUT2D eigenvalue weighted by Crippen LogP contribution is 2.32. The molecule has 3 nitrogen and oxygen atoms in total. The van der Waals surface area contributed by atoms with E-state index < -0.39 is 5.97 Å². The molecule has 15 heavy (non-hydrogen) atoms. The first-order valence-corrected chi connectivity index (χ1v) is 4.94. The minimum atomic E-state index is -0.534. The first-order valence-electron chi connectivity index (χ1n) is 4.18. The molecule has 0 aliphatic carbocycles. The Bertz CT molecular complexity index is 533. The van der Waals surface area contributed by atoms with Crippen LogP contribution in [-0.2, 0) is 4.74 Å². The fraction of sp³-hybridized carbons (Fsp3) is 0.100. The number of hydrogen-bond acceptors (Lipinski definition) is 2. The number of carbonyl (C=O) groups excluding carboxylic acids is 1. The minimum Gasteiger partial charge on any atom is -0.465 e. The summed E-state index contributed by atoms with van der Waals surface area (Å²) in [5.74, 6) is -0.534. The topological polar surface area (TPSA) is 42.1 Å². The van der Waals surface area contributed by atoms with Gasteiger partial charge in [-0.1, -0.05) is 23.2 Å². The lowest BCUT2D eigenvalue weighted by molar-refractivity contribution is 0.0601. The normalized spacial score (nSPS) is 10.6. The van der Waals surface area contributed by atoms with Crippen molar-refractivity contribution in [2.75, 3.05) is 7.11 Å². The van der Waals surface area contributed by atoms with Crippen LogP contribution in [0.5, 0.6) is 0 Å². The summed E-state index contributed by atoms with van der Waals surface area (Å²) in [5.41, 5.74) is 0.991. The number of methoxy groups -OCH3 is 1. The van der Waals surface area contributed by atoms with Gasteiger partial charge >= 0.3 is 5.97 Å². The number of esters is 1. The van der Waals surface area contributed by atoms with Gasteiger partial charge < -0.3 is 9.72 Å². The van der Waals surface area contributed by atoms with Crippen LogP contribution in [0.15, 0.2) is 18.3 Å². The maximum Gasteiger partial charge on any atom is 0.340 e. The van der Waals surface area contributed by atoms with E-state index in [9.17, 15) is 4.79 Å². The smallest absolute Gasteiger partial charge is 0.340 e. The summed E-state index contributed by atoms with van der Waals surface area (Å²) in [5, 5.41) is 1.34. The molecule has 0 saturated heterocycles. The van der Waals surface area contributed by atoms with E-state index in [1.54, 1.807) is 18.3 Å². The summed E-state index contributed by atoms with van der Waals surface area (Å²) < 4.78 is 4.61. The molecule has 0 bridgehead atoms. The van der Waals surface area contributed by atoms with E-state index in [2.05, 4.69) is 9.72 Å². The number of fused-ring (bicyclic) bond motifs is 1. The van der Waals surface area contributed by atoms with Crippen LogP contribution in [-0.4, -0.2) is 18.1 Å². The van der Waals surface area contributed by atoms with Crippen LogP contribution in [0.3, 0.4) is 0 Å². The highest BCUT2D eigenvalue weighted by atomic mass is 35.5. The first kappa shape index (κ1) is 10.3. The molecule has 0 radical (unpaired) electrons. The van der Waals surface area contributed by atoms with E-state index in [0.29, 0.717) is 5.02 Å². The van der Waals surface area contributed by atoms with Crippen molar-refractivity contribution in [3.05, 3.63) is 33.9 Å². The summed E-state index contributed by atoms with van der Waals surface area (Å²) >= 11 is 12.0. The Kier molecular flexibility index (Phi) is 2.59. The predicted molar refractivity (Wildman–Crippen MR) is 59.7 cm³/mol. The van der Waals surface area contributed by atoms with Gasteiger partial charge in [-0.2, -0.15) is 0 Å². The molecule has 0 saturated carbocycles. The molecule has 0 unspecified atom stereocenters. The van der Waals surface area contributed by atoms with Gasteiger partial charge in [0.15, 0.2) is 0 Å². The Morgan fingerprint density at radius 3 is 2.87 bits per heavy atom. The number of benzene rings is 1. The quantitative estimate of drug-likeness (QED) is 0.782. The van der Waals surface area contributed by atoms with Gasteiger partial charge in [-0.3, -0.25) is 0 Å². The van der Waals surface area contributed by atoms with E-state index in [4.69, 9.17) is 23.2 Å². The molecule has 78 valence electrons. The van der Waals surface area contributed by atoms with Crippen LogP contribution in [0.1, 0.15) is 10.4 Å². The molecule has 2 rings (SSSR count). The first-order chi connectivity index (χ1) is 7.15. The largest absolute Gasteiger partial charge is 0.465 e. The molecule has 0 atom stereocenters. The molecule has 1 N–H and O–H groups in total. The van der Waals surface area contributed by atoms with Crippen molar-refractivity contribution in [3.63, 3.8) is 0 Å². The highest BCUT2D eigenvalue weighted by Gasteiger charge is 2.18. The van der Waals surface area contributed by atoms with Gasteiger partial charge in [-0.25, -0.2) is 4.79 Å². The van der Waals surface area contributed by atoms with Crippen LogP contribution in [0.25, 0.3) is 10.9 Å². The van der Waals surface area contributed by atoms with E-state index >= 15 is 0 Å². The number of aromatic nitrogens is 1. The standard InChI is InChI=1S/C10H7Cl2NO2/c1-15-10(14)8-6(11)4-7-5(9(8)12)2-3-13-7/h2-4,13H,1H3. The molecule has 1 heterocycles. The van der Waals surface area contributed by atoms with Gasteiger partial charge in [-0.05, 0) is 12.1 Å². The van der Waals surface area contributed by atoms with Gasteiger partial charge in [0.1, 0.15) is 0 Å². The van der Waals surface area contributed by atoms with Crippen molar-refractivity contribution >= 4 is 40.1 Å². The number of H-pyrrole nitrogens is 1. The van der Waals surface area contributed by atoms with Gasteiger partial charge in [0.2, 0.25) is 0 Å². The molecular weight excluding hydrogens is 237 g/mol. The van der Waals surface area contributed by atoms with Crippen LogP contribution < -0.4 is 0 Å². The zero-order valence-electron chi connectivity index (χ0n) is 7.80. The Balaban J connectivity index is 2.78. The Morgan fingerprint density at radius 2 is 2.20 bits per heavy atom. The number of aromatic amines is 1. The Hall–Kier alpha value is -1.19. The fourth-order valence-corrected chi connectivity index (χ4v) is 2.09. The monoisotopic (exact) mass is 243 g/mol. The third kappa shape index (κ3) is 1.58. The maximum absolute atomic E-state index is 11.4. The van der Waals surface area contributed by atoms with Crippen molar-refractivity contribution in [1.29, 1.82) is 0 Å². The van der Waals surface area contributed by atoms with Gasteiger partial charge in [0, 0.05) is 17.1 Å². The highest BCUT2D eigenvalue weighted by molar-refractivity contribution is 6.43. The summed E-state index contributed by atoms with van der Waals surface area (Å²) in [7, 11) is 1.29. The van der Waals surface area contributed by atoms with Crippen molar-refractivity contribution in [1.82, 2.24) is 4.98 Å². The lowest BCUT2D eigenvalue weighted by Crippen LogP contribution is -2.03. The third-order valence-corrected chi connectivity index (χ3v) is 2.83. The van der Waals surface area contributed by atoms with Crippen molar-refractivity contribution < 1.29 is 9.53 Å². The van der Waals surface area contributed by atoms with Gasteiger partial charge in [0.25, 0.3) is 0 Å². The SMILES string of the molecule is COC(=O)c1c(Cl)cc2[nH]ccc2c1Cl. The summed E-state index contributed by atoms with van der Waals surface area (Å²) in [4.78, 5) is 14.4. The van der Waals surface area contributed by atoms with Crippen LogP contribution >= 0.6 is 23.2 Å². The number of ether oxygens (including phenoxy) is 1. The predicted octanol–water partition coefficient (Wildman–Crippen LogP) is 3.26. The summed E-state index contributed by atoms with van der Waals surface area (Å²) in [6.07, 6.45) is 1.73. The number of rotatable bonds is 1. The molecule has 0 aliphatic heterocycles. The fourth-order valence-electron chi connectivity index (χ4n) is 1.42. The van der Waals surface area contributed by atoms with E-state index in [0.717, 1.165) is 10.9 Å². The second-order valence-corrected chi connectivity index (χ2v) is 3.76. The summed E-state index contributed by atoms with van der Waals surface area (Å²) in [6.45, 7) is 0. The molecule has 1 aromatic carbocycles. The maximum atomic E-state index is 11.4. The van der Waals surface area contributed by atoms with Crippen LogP contribution in [0, 0.1) is 0 Å².